The van der Waals surface area contributed by atoms with Crippen LogP contribution in [0.25, 0.3) is 0 Å². The number of carbonyl (C=O) groups excluding carboxylic acids is 1. The molecular formula is C27H38N6O4S. The van der Waals surface area contributed by atoms with Gasteiger partial charge in [0.1, 0.15) is 12.4 Å². The number of ether oxygens (including phenoxy) is 1. The quantitative estimate of drug-likeness (QED) is 0.303. The average molecular weight is 543 g/mol. The fourth-order valence-electron chi connectivity index (χ4n) is 3.99. The van der Waals surface area contributed by atoms with Crippen molar-refractivity contribution in [2.45, 2.75) is 45.9 Å². The number of carbonyl (C=O) groups is 1. The molecule has 10 nitrogen and oxygen atoms in total. The minimum absolute atomic E-state index is 0.0172. The Morgan fingerprint density at radius 2 is 1.66 bits per heavy atom. The van der Waals surface area contributed by atoms with E-state index in [4.69, 9.17) is 4.74 Å². The Kier molecular flexibility index (Phi) is 11.3. The zero-order valence-corrected chi connectivity index (χ0v) is 23.2. The van der Waals surface area contributed by atoms with Gasteiger partial charge in [-0.25, -0.2) is 22.9 Å². The lowest BCUT2D eigenvalue weighted by atomic mass is 10.1. The molecule has 0 saturated heterocycles. The fraction of sp³-hybridized carbons (Fsp3) is 0.444. The number of aromatic nitrogens is 3. The van der Waals surface area contributed by atoms with Gasteiger partial charge in [0.15, 0.2) is 5.82 Å². The van der Waals surface area contributed by atoms with Crippen LogP contribution in [0.4, 0.5) is 4.79 Å². The summed E-state index contributed by atoms with van der Waals surface area (Å²) < 4.78 is 35.6. The van der Waals surface area contributed by atoms with Crippen LogP contribution in [0.2, 0.25) is 0 Å². The van der Waals surface area contributed by atoms with Crippen molar-refractivity contribution in [1.82, 2.24) is 29.7 Å². The van der Waals surface area contributed by atoms with E-state index in [1.54, 1.807) is 11.7 Å². The van der Waals surface area contributed by atoms with Crippen LogP contribution in [-0.4, -0.2) is 59.6 Å². The van der Waals surface area contributed by atoms with Crippen molar-refractivity contribution in [2.24, 2.45) is 7.05 Å². The molecule has 1 atom stereocenters. The molecule has 2 aromatic carbocycles. The molecule has 0 unspecified atom stereocenters. The molecule has 0 radical (unpaired) electrons. The molecular weight excluding hydrogens is 504 g/mol. The van der Waals surface area contributed by atoms with E-state index in [1.165, 1.54) is 0 Å². The van der Waals surface area contributed by atoms with Gasteiger partial charge in [0.05, 0.1) is 18.3 Å². The number of amides is 1. The SMILES string of the molecule is CCN(CC)CCCS(=O)(=O)N[C@H](Cc1ccccc1)c1nc(CNC(=O)OCc2ccccc2)n(C)n1. The lowest BCUT2D eigenvalue weighted by Gasteiger charge is -2.19. The molecule has 1 aromatic heterocycles. The summed E-state index contributed by atoms with van der Waals surface area (Å²) in [4.78, 5) is 18.9. The fourth-order valence-corrected chi connectivity index (χ4v) is 5.24. The third kappa shape index (κ3) is 9.55. The molecule has 0 saturated carbocycles. The van der Waals surface area contributed by atoms with Gasteiger partial charge in [-0.15, -0.1) is 0 Å². The summed E-state index contributed by atoms with van der Waals surface area (Å²) in [6.07, 6.45) is 0.352. The Bertz CT molecular complexity index is 1230. The molecule has 11 heteroatoms. The summed E-state index contributed by atoms with van der Waals surface area (Å²) in [6.45, 7) is 6.86. The molecule has 0 bridgehead atoms. The summed E-state index contributed by atoms with van der Waals surface area (Å²) in [5, 5.41) is 7.16. The van der Waals surface area contributed by atoms with Crippen molar-refractivity contribution in [3.63, 3.8) is 0 Å². The highest BCUT2D eigenvalue weighted by Gasteiger charge is 2.25. The number of nitrogens with zero attached hydrogens (tertiary/aromatic N) is 4. The Balaban J connectivity index is 1.66. The maximum atomic E-state index is 13.0. The van der Waals surface area contributed by atoms with E-state index in [9.17, 15) is 13.2 Å². The van der Waals surface area contributed by atoms with E-state index in [0.29, 0.717) is 24.5 Å². The Morgan fingerprint density at radius 1 is 1.03 bits per heavy atom. The second kappa shape index (κ2) is 14.6. The molecule has 0 aliphatic carbocycles. The Hall–Kier alpha value is -3.28. The third-order valence-electron chi connectivity index (χ3n) is 6.17. The zero-order valence-electron chi connectivity index (χ0n) is 22.3. The van der Waals surface area contributed by atoms with Crippen LogP contribution in [0.5, 0.6) is 0 Å². The highest BCUT2D eigenvalue weighted by molar-refractivity contribution is 7.89. The minimum atomic E-state index is -3.58. The molecule has 206 valence electrons. The maximum Gasteiger partial charge on any atom is 0.407 e. The lowest BCUT2D eigenvalue weighted by molar-refractivity contribution is 0.138. The van der Waals surface area contributed by atoms with Crippen molar-refractivity contribution < 1.29 is 17.9 Å². The van der Waals surface area contributed by atoms with Gasteiger partial charge in [-0.3, -0.25) is 4.68 Å². The van der Waals surface area contributed by atoms with Crippen molar-refractivity contribution >= 4 is 16.1 Å². The van der Waals surface area contributed by atoms with Crippen LogP contribution in [0.3, 0.4) is 0 Å². The van der Waals surface area contributed by atoms with E-state index in [0.717, 1.165) is 30.8 Å². The molecule has 2 N–H and O–H groups in total. The molecule has 38 heavy (non-hydrogen) atoms. The van der Waals surface area contributed by atoms with E-state index in [-0.39, 0.29) is 18.9 Å². The second-order valence-corrected chi connectivity index (χ2v) is 10.9. The van der Waals surface area contributed by atoms with Crippen molar-refractivity contribution in [3.05, 3.63) is 83.4 Å². The van der Waals surface area contributed by atoms with Gasteiger partial charge in [0.25, 0.3) is 0 Å². The van der Waals surface area contributed by atoms with Crippen molar-refractivity contribution in [2.75, 3.05) is 25.4 Å². The highest BCUT2D eigenvalue weighted by Crippen LogP contribution is 2.18. The number of benzene rings is 2. The van der Waals surface area contributed by atoms with Gasteiger partial charge < -0.3 is 15.0 Å². The summed E-state index contributed by atoms with van der Waals surface area (Å²) in [6, 6.07) is 18.4. The minimum Gasteiger partial charge on any atom is -0.445 e. The Labute approximate surface area is 225 Å². The second-order valence-electron chi connectivity index (χ2n) is 8.98. The molecule has 0 aliphatic rings. The van der Waals surface area contributed by atoms with Crippen LogP contribution in [-0.2, 0) is 41.4 Å². The van der Waals surface area contributed by atoms with Gasteiger partial charge in [-0.1, -0.05) is 74.5 Å². The average Bonchev–Trinajstić information content (AvgIpc) is 3.29. The number of hydrogen-bond acceptors (Lipinski definition) is 7. The van der Waals surface area contributed by atoms with Gasteiger partial charge in [-0.05, 0) is 43.6 Å². The Morgan fingerprint density at radius 3 is 2.29 bits per heavy atom. The number of alkyl carbamates (subject to hydrolysis) is 1. The highest BCUT2D eigenvalue weighted by atomic mass is 32.2. The van der Waals surface area contributed by atoms with Gasteiger partial charge in [-0.2, -0.15) is 5.10 Å². The van der Waals surface area contributed by atoms with Crippen LogP contribution in [0.1, 0.15) is 49.1 Å². The predicted molar refractivity (Wildman–Crippen MR) is 147 cm³/mol. The molecule has 0 aliphatic heterocycles. The maximum absolute atomic E-state index is 13.0. The first-order valence-electron chi connectivity index (χ1n) is 12.9. The van der Waals surface area contributed by atoms with E-state index >= 15 is 0 Å². The van der Waals surface area contributed by atoms with Crippen LogP contribution >= 0.6 is 0 Å². The molecule has 1 amide bonds. The standard InChI is InChI=1S/C27H38N6O4S/c1-4-33(5-2)17-12-18-38(35,36)31-24(19-22-13-8-6-9-14-22)26-29-25(32(3)30-26)20-28-27(34)37-21-23-15-10-7-11-16-23/h6-11,13-16,24,31H,4-5,12,17-21H2,1-3H3,(H,28,34)/t24-/m1/s1. The van der Waals surface area contributed by atoms with E-state index in [1.807, 2.05) is 60.7 Å². The number of sulfonamides is 1. The molecule has 3 aromatic rings. The normalized spacial score (nSPS) is 12.4. The van der Waals surface area contributed by atoms with Crippen LogP contribution in [0.15, 0.2) is 60.7 Å². The monoisotopic (exact) mass is 542 g/mol. The molecule has 1 heterocycles. The summed E-state index contributed by atoms with van der Waals surface area (Å²) in [5.74, 6) is 0.845. The van der Waals surface area contributed by atoms with Crippen LogP contribution in [0, 0.1) is 0 Å². The zero-order chi connectivity index (χ0) is 27.4. The first-order valence-corrected chi connectivity index (χ1v) is 14.6. The summed E-state index contributed by atoms with van der Waals surface area (Å²) >= 11 is 0. The van der Waals surface area contributed by atoms with Gasteiger partial charge in [0.2, 0.25) is 10.0 Å². The summed E-state index contributed by atoms with van der Waals surface area (Å²) in [5.41, 5.74) is 1.84. The molecule has 0 fully saturated rings. The van der Waals surface area contributed by atoms with Crippen LogP contribution < -0.4 is 10.0 Å². The lowest BCUT2D eigenvalue weighted by Crippen LogP contribution is -2.34. The topological polar surface area (TPSA) is 118 Å². The number of aryl methyl sites for hydroxylation is 1. The number of rotatable bonds is 15. The van der Waals surface area contributed by atoms with E-state index in [2.05, 4.69) is 38.9 Å². The van der Waals surface area contributed by atoms with Crippen molar-refractivity contribution in [1.29, 1.82) is 0 Å². The largest absolute Gasteiger partial charge is 0.445 e. The summed E-state index contributed by atoms with van der Waals surface area (Å²) in [7, 11) is -1.87. The smallest absolute Gasteiger partial charge is 0.407 e. The van der Waals surface area contributed by atoms with Gasteiger partial charge >= 0.3 is 6.09 Å². The first-order chi connectivity index (χ1) is 18.3. The third-order valence-corrected chi connectivity index (χ3v) is 7.64. The predicted octanol–water partition coefficient (Wildman–Crippen LogP) is 3.18. The molecule has 0 spiro atoms. The first kappa shape index (κ1) is 29.3. The van der Waals surface area contributed by atoms with E-state index < -0.39 is 22.2 Å². The molecule has 3 rings (SSSR count). The number of nitrogens with one attached hydrogen (secondary N) is 2. The number of hydrogen-bond donors (Lipinski definition) is 2. The van der Waals surface area contributed by atoms with Crippen molar-refractivity contribution in [3.8, 4) is 0 Å². The van der Waals surface area contributed by atoms with Gasteiger partial charge in [0, 0.05) is 7.05 Å².